The summed E-state index contributed by atoms with van der Waals surface area (Å²) in [6.45, 7) is 1.54. The summed E-state index contributed by atoms with van der Waals surface area (Å²) in [4.78, 5) is 19.6. The van der Waals surface area contributed by atoms with Gasteiger partial charge in [-0.15, -0.1) is 0 Å². The number of likely N-dealkylation sites (tertiary alicyclic amines) is 1. The van der Waals surface area contributed by atoms with Crippen molar-refractivity contribution in [1.82, 2.24) is 4.90 Å². The van der Waals surface area contributed by atoms with Gasteiger partial charge >= 0.3 is 6.09 Å². The lowest BCUT2D eigenvalue weighted by Crippen LogP contribution is -2.37. The standard InChI is InChI=1S/C20H20N2O3/c23-20(22-12-4-1-5-13-22)24-18-7-3-2-6-17(18)16-9-8-15-10-11-21-25-19(15)14-16/h2-3,6-7,9-11,14H,1,4-5,8,12-13H2. The first-order chi connectivity index (χ1) is 12.3. The number of para-hydroxylation sites is 1. The van der Waals surface area contributed by atoms with Gasteiger partial charge in [0.1, 0.15) is 5.75 Å². The van der Waals surface area contributed by atoms with Gasteiger partial charge in [-0.05, 0) is 49.5 Å². The van der Waals surface area contributed by atoms with Crippen LogP contribution in [0.4, 0.5) is 4.79 Å². The molecule has 0 bridgehead atoms. The molecule has 2 aliphatic heterocycles. The van der Waals surface area contributed by atoms with Crippen molar-refractivity contribution in [2.75, 3.05) is 13.1 Å². The van der Waals surface area contributed by atoms with Crippen LogP contribution < -0.4 is 4.74 Å². The summed E-state index contributed by atoms with van der Waals surface area (Å²) >= 11 is 0. The van der Waals surface area contributed by atoms with Crippen molar-refractivity contribution in [1.29, 1.82) is 0 Å². The predicted octanol–water partition coefficient (Wildman–Crippen LogP) is 4.28. The summed E-state index contributed by atoms with van der Waals surface area (Å²) in [5, 5.41) is 3.83. The zero-order valence-corrected chi connectivity index (χ0v) is 14.0. The average molecular weight is 336 g/mol. The van der Waals surface area contributed by atoms with Crippen LogP contribution in [0.15, 0.2) is 59.0 Å². The van der Waals surface area contributed by atoms with E-state index in [2.05, 4.69) is 11.2 Å². The van der Waals surface area contributed by atoms with Crippen molar-refractivity contribution < 1.29 is 14.4 Å². The van der Waals surface area contributed by atoms with E-state index in [9.17, 15) is 4.79 Å². The normalized spacial score (nSPS) is 19.2. The first kappa shape index (κ1) is 15.7. The molecule has 0 saturated carbocycles. The smallest absolute Gasteiger partial charge is 0.410 e. The molecule has 1 aromatic rings. The minimum Gasteiger partial charge on any atom is -0.410 e. The maximum atomic E-state index is 12.4. The van der Waals surface area contributed by atoms with Gasteiger partial charge in [-0.3, -0.25) is 0 Å². The molecule has 5 nitrogen and oxygen atoms in total. The van der Waals surface area contributed by atoms with E-state index in [-0.39, 0.29) is 6.09 Å². The van der Waals surface area contributed by atoms with Gasteiger partial charge in [0.05, 0.1) is 6.21 Å². The van der Waals surface area contributed by atoms with Gasteiger partial charge in [0.15, 0.2) is 5.76 Å². The van der Waals surface area contributed by atoms with Crippen LogP contribution in [0.5, 0.6) is 5.75 Å². The number of piperidine rings is 1. The Morgan fingerprint density at radius 2 is 2.00 bits per heavy atom. The van der Waals surface area contributed by atoms with Crippen LogP contribution in [0, 0.1) is 0 Å². The molecule has 128 valence electrons. The molecule has 0 N–H and O–H groups in total. The third kappa shape index (κ3) is 3.36. The van der Waals surface area contributed by atoms with Crippen LogP contribution in [0.1, 0.15) is 31.2 Å². The number of carbonyl (C=O) groups is 1. The summed E-state index contributed by atoms with van der Waals surface area (Å²) in [5.74, 6) is 1.32. The van der Waals surface area contributed by atoms with E-state index in [1.807, 2.05) is 36.4 Å². The molecule has 1 saturated heterocycles. The van der Waals surface area contributed by atoms with Crippen LogP contribution in [0.2, 0.25) is 0 Å². The Labute approximate surface area is 146 Å². The molecule has 0 unspecified atom stereocenters. The Hall–Kier alpha value is -2.82. The molecular weight excluding hydrogens is 316 g/mol. The predicted molar refractivity (Wildman–Crippen MR) is 96.2 cm³/mol. The molecule has 5 heteroatoms. The number of rotatable bonds is 2. The quantitative estimate of drug-likeness (QED) is 0.810. The largest absolute Gasteiger partial charge is 0.415 e. The topological polar surface area (TPSA) is 51.1 Å². The average Bonchev–Trinajstić information content (AvgIpc) is 2.69. The fourth-order valence-corrected chi connectivity index (χ4v) is 3.27. The van der Waals surface area contributed by atoms with Crippen molar-refractivity contribution in [2.24, 2.45) is 5.16 Å². The number of ether oxygens (including phenoxy) is 1. The van der Waals surface area contributed by atoms with Crippen LogP contribution in [0.25, 0.3) is 5.57 Å². The number of hydrogen-bond donors (Lipinski definition) is 0. The first-order valence-corrected chi connectivity index (χ1v) is 8.69. The summed E-state index contributed by atoms with van der Waals surface area (Å²) in [6, 6.07) is 7.62. The van der Waals surface area contributed by atoms with Gasteiger partial charge < -0.3 is 14.5 Å². The van der Waals surface area contributed by atoms with E-state index in [4.69, 9.17) is 9.57 Å². The lowest BCUT2D eigenvalue weighted by molar-refractivity contribution is 0.142. The van der Waals surface area contributed by atoms with E-state index in [1.54, 1.807) is 11.1 Å². The SMILES string of the molecule is O=C(Oc1ccccc1C1=CCC2=CC=NOC2=C1)N1CCCCC1. The van der Waals surface area contributed by atoms with E-state index in [1.165, 1.54) is 6.42 Å². The number of allylic oxidation sites excluding steroid dienone is 5. The Morgan fingerprint density at radius 3 is 2.88 bits per heavy atom. The fraction of sp³-hybridized carbons (Fsp3) is 0.300. The molecule has 25 heavy (non-hydrogen) atoms. The molecule has 1 fully saturated rings. The van der Waals surface area contributed by atoms with Crippen molar-refractivity contribution in [2.45, 2.75) is 25.7 Å². The number of nitrogens with zero attached hydrogens (tertiary/aromatic N) is 2. The Balaban J connectivity index is 1.56. The van der Waals surface area contributed by atoms with E-state index in [0.717, 1.165) is 54.8 Å². The second-order valence-electron chi connectivity index (χ2n) is 6.32. The molecule has 0 radical (unpaired) electrons. The van der Waals surface area contributed by atoms with Crippen LogP contribution >= 0.6 is 0 Å². The molecule has 1 amide bonds. The van der Waals surface area contributed by atoms with E-state index < -0.39 is 0 Å². The second kappa shape index (κ2) is 6.97. The maximum absolute atomic E-state index is 12.4. The number of amides is 1. The third-order valence-electron chi connectivity index (χ3n) is 4.64. The summed E-state index contributed by atoms with van der Waals surface area (Å²) < 4.78 is 5.71. The lowest BCUT2D eigenvalue weighted by atomic mass is 9.94. The second-order valence-corrected chi connectivity index (χ2v) is 6.32. The number of fused-ring (bicyclic) bond motifs is 1. The minimum absolute atomic E-state index is 0.268. The molecule has 3 aliphatic rings. The van der Waals surface area contributed by atoms with Crippen LogP contribution in [-0.4, -0.2) is 30.3 Å². The number of hydrogen-bond acceptors (Lipinski definition) is 4. The highest BCUT2D eigenvalue weighted by Gasteiger charge is 2.21. The van der Waals surface area contributed by atoms with Crippen molar-refractivity contribution >= 4 is 17.9 Å². The Bertz CT molecular complexity index is 799. The minimum atomic E-state index is -0.268. The van der Waals surface area contributed by atoms with Gasteiger partial charge in [0, 0.05) is 24.2 Å². The molecule has 4 rings (SSSR count). The Kier molecular flexibility index (Phi) is 4.37. The highest BCUT2D eigenvalue weighted by Crippen LogP contribution is 2.35. The number of benzene rings is 1. The molecule has 2 heterocycles. The fourth-order valence-electron chi connectivity index (χ4n) is 3.27. The van der Waals surface area contributed by atoms with Gasteiger partial charge in [0.2, 0.25) is 0 Å². The number of oxime groups is 1. The lowest BCUT2D eigenvalue weighted by Gasteiger charge is -2.26. The first-order valence-electron chi connectivity index (χ1n) is 8.69. The molecule has 0 atom stereocenters. The molecule has 0 spiro atoms. The molecule has 0 aromatic heterocycles. The molecule has 1 aromatic carbocycles. The van der Waals surface area contributed by atoms with Gasteiger partial charge in [-0.2, -0.15) is 0 Å². The van der Waals surface area contributed by atoms with Gasteiger partial charge in [-0.1, -0.05) is 29.4 Å². The monoisotopic (exact) mass is 336 g/mol. The number of carbonyl (C=O) groups excluding carboxylic acids is 1. The van der Waals surface area contributed by atoms with E-state index in [0.29, 0.717) is 5.75 Å². The molecule has 1 aliphatic carbocycles. The van der Waals surface area contributed by atoms with Gasteiger partial charge in [-0.25, -0.2) is 4.79 Å². The van der Waals surface area contributed by atoms with Gasteiger partial charge in [0.25, 0.3) is 0 Å². The zero-order valence-electron chi connectivity index (χ0n) is 14.0. The Morgan fingerprint density at radius 1 is 1.16 bits per heavy atom. The summed E-state index contributed by atoms with van der Waals surface area (Å²) in [5.41, 5.74) is 2.96. The zero-order chi connectivity index (χ0) is 17.1. The van der Waals surface area contributed by atoms with Crippen LogP contribution in [0.3, 0.4) is 0 Å². The van der Waals surface area contributed by atoms with E-state index >= 15 is 0 Å². The van der Waals surface area contributed by atoms with Crippen molar-refractivity contribution in [3.05, 3.63) is 59.4 Å². The highest BCUT2D eigenvalue weighted by atomic mass is 16.6. The van der Waals surface area contributed by atoms with Crippen molar-refractivity contribution in [3.8, 4) is 5.75 Å². The third-order valence-corrected chi connectivity index (χ3v) is 4.64. The summed E-state index contributed by atoms with van der Waals surface area (Å²) in [6.07, 6.45) is 11.4. The van der Waals surface area contributed by atoms with Crippen molar-refractivity contribution in [3.63, 3.8) is 0 Å². The van der Waals surface area contributed by atoms with Crippen LogP contribution in [-0.2, 0) is 4.84 Å². The molecular formula is C20H20N2O3. The highest BCUT2D eigenvalue weighted by molar-refractivity contribution is 5.84. The maximum Gasteiger partial charge on any atom is 0.415 e. The summed E-state index contributed by atoms with van der Waals surface area (Å²) in [7, 11) is 0.